The maximum atomic E-state index is 3.73. The Bertz CT molecular complexity index is 610. The highest BCUT2D eigenvalue weighted by molar-refractivity contribution is 5.60. The van der Waals surface area contributed by atoms with E-state index in [0.717, 1.165) is 5.92 Å². The molecule has 1 aromatic rings. The van der Waals surface area contributed by atoms with E-state index in [4.69, 9.17) is 0 Å². The Hall–Kier alpha value is -1.34. The van der Waals surface area contributed by atoms with E-state index in [0.29, 0.717) is 11.5 Å². The summed E-state index contributed by atoms with van der Waals surface area (Å²) in [5.41, 5.74) is 6.99. The predicted octanol–water partition coefficient (Wildman–Crippen LogP) is 2.51. The van der Waals surface area contributed by atoms with Gasteiger partial charge in [0.1, 0.15) is 0 Å². The summed E-state index contributed by atoms with van der Waals surface area (Å²) in [6, 6.07) is 7.57. The van der Waals surface area contributed by atoms with Crippen LogP contribution < -0.4 is 5.32 Å². The number of hydrogen-bond donors (Lipinski definition) is 1. The van der Waals surface area contributed by atoms with Gasteiger partial charge in [0, 0.05) is 11.5 Å². The van der Waals surface area contributed by atoms with Crippen molar-refractivity contribution in [2.24, 2.45) is 5.92 Å². The smallest absolute Gasteiger partial charge is 0.0332 e. The summed E-state index contributed by atoms with van der Waals surface area (Å²) < 4.78 is 0. The largest absolute Gasteiger partial charge is 0.310 e. The molecule has 90 valence electrons. The van der Waals surface area contributed by atoms with Gasteiger partial charge in [-0.2, -0.15) is 0 Å². The number of piperidine rings is 1. The molecule has 1 nitrogen and oxygen atoms in total. The topological polar surface area (TPSA) is 12.0 Å². The van der Waals surface area contributed by atoms with E-state index in [9.17, 15) is 0 Å². The standard InChI is InChI=1S/C17H17N/c1-3-11-9-13-5-2-6-14-15-10-12(4-1)16(11)17(13,14)7-8-18-15/h1-6,13,15,18H,7-10H2/t13-,15-,17+/m1/s1. The van der Waals surface area contributed by atoms with Crippen LogP contribution in [-0.4, -0.2) is 12.6 Å². The first-order valence-electron chi connectivity index (χ1n) is 7.13. The summed E-state index contributed by atoms with van der Waals surface area (Å²) in [6.07, 6.45) is 10.9. The first kappa shape index (κ1) is 9.57. The molecule has 1 aliphatic heterocycles. The van der Waals surface area contributed by atoms with Crippen LogP contribution in [0.5, 0.6) is 0 Å². The minimum atomic E-state index is 0.370. The SMILES string of the molecule is C1=C[C@@H]2Cc3cccc4c3[C@@]23CCN[C@H](C4)C3=C1. The average molecular weight is 235 g/mol. The minimum Gasteiger partial charge on any atom is -0.310 e. The van der Waals surface area contributed by atoms with Crippen molar-refractivity contribution < 1.29 is 0 Å². The molecule has 1 heterocycles. The first-order valence-corrected chi connectivity index (χ1v) is 7.13. The zero-order valence-electron chi connectivity index (χ0n) is 10.4. The summed E-state index contributed by atoms with van der Waals surface area (Å²) in [4.78, 5) is 0. The number of allylic oxidation sites excluding steroid dienone is 3. The Balaban J connectivity index is 1.91. The van der Waals surface area contributed by atoms with Gasteiger partial charge in [-0.1, -0.05) is 36.4 Å². The van der Waals surface area contributed by atoms with Gasteiger partial charge in [0.2, 0.25) is 0 Å². The van der Waals surface area contributed by atoms with Crippen molar-refractivity contribution in [1.82, 2.24) is 5.32 Å². The molecular formula is C17H17N. The predicted molar refractivity (Wildman–Crippen MR) is 72.6 cm³/mol. The third-order valence-corrected chi connectivity index (χ3v) is 5.60. The van der Waals surface area contributed by atoms with Gasteiger partial charge in [0.25, 0.3) is 0 Å². The third kappa shape index (κ3) is 0.883. The van der Waals surface area contributed by atoms with E-state index in [1.165, 1.54) is 25.8 Å². The lowest BCUT2D eigenvalue weighted by Gasteiger charge is -2.51. The van der Waals surface area contributed by atoms with Gasteiger partial charge in [-0.25, -0.2) is 0 Å². The maximum absolute atomic E-state index is 3.73. The Kier molecular flexibility index (Phi) is 1.58. The van der Waals surface area contributed by atoms with Gasteiger partial charge in [-0.05, 0) is 54.0 Å². The summed E-state index contributed by atoms with van der Waals surface area (Å²) in [6.45, 7) is 1.18. The summed E-state index contributed by atoms with van der Waals surface area (Å²) in [5, 5.41) is 3.73. The van der Waals surface area contributed by atoms with E-state index in [1.54, 1.807) is 22.3 Å². The molecule has 1 N–H and O–H groups in total. The minimum absolute atomic E-state index is 0.370. The summed E-state index contributed by atoms with van der Waals surface area (Å²) in [5.74, 6) is 0.721. The fourth-order valence-electron chi connectivity index (χ4n) is 5.03. The summed E-state index contributed by atoms with van der Waals surface area (Å²) in [7, 11) is 0. The average Bonchev–Trinajstić information content (AvgIpc) is 2.70. The van der Waals surface area contributed by atoms with E-state index >= 15 is 0 Å². The Morgan fingerprint density at radius 3 is 3.00 bits per heavy atom. The van der Waals surface area contributed by atoms with Crippen LogP contribution in [0, 0.1) is 5.92 Å². The Morgan fingerprint density at radius 1 is 1.17 bits per heavy atom. The zero-order chi connectivity index (χ0) is 11.7. The normalized spacial score (nSPS) is 38.3. The van der Waals surface area contributed by atoms with Crippen LogP contribution in [0.4, 0.5) is 0 Å². The van der Waals surface area contributed by atoms with Crippen molar-refractivity contribution in [2.45, 2.75) is 30.7 Å². The van der Waals surface area contributed by atoms with Crippen LogP contribution in [0.25, 0.3) is 0 Å². The molecule has 1 heteroatoms. The molecule has 3 atom stereocenters. The van der Waals surface area contributed by atoms with Crippen molar-refractivity contribution in [3.63, 3.8) is 0 Å². The van der Waals surface area contributed by atoms with E-state index in [1.807, 2.05) is 0 Å². The second-order valence-electron chi connectivity index (χ2n) is 6.20. The maximum Gasteiger partial charge on any atom is 0.0332 e. The van der Waals surface area contributed by atoms with Gasteiger partial charge in [-0.3, -0.25) is 0 Å². The van der Waals surface area contributed by atoms with E-state index in [2.05, 4.69) is 41.7 Å². The third-order valence-electron chi connectivity index (χ3n) is 5.60. The van der Waals surface area contributed by atoms with Gasteiger partial charge in [-0.15, -0.1) is 0 Å². The molecule has 0 radical (unpaired) electrons. The molecule has 18 heavy (non-hydrogen) atoms. The molecule has 1 aromatic carbocycles. The molecule has 0 amide bonds. The number of benzene rings is 1. The molecule has 1 spiro atoms. The van der Waals surface area contributed by atoms with Crippen molar-refractivity contribution in [3.05, 3.63) is 58.7 Å². The fourth-order valence-corrected chi connectivity index (χ4v) is 5.03. The number of rotatable bonds is 0. The highest BCUT2D eigenvalue weighted by Crippen LogP contribution is 2.58. The molecule has 1 saturated heterocycles. The van der Waals surface area contributed by atoms with Crippen LogP contribution in [-0.2, 0) is 18.3 Å². The first-order chi connectivity index (χ1) is 8.89. The molecule has 2 bridgehead atoms. The molecule has 5 rings (SSSR count). The zero-order valence-corrected chi connectivity index (χ0v) is 10.4. The van der Waals surface area contributed by atoms with Crippen molar-refractivity contribution in [2.75, 3.05) is 6.54 Å². The second kappa shape index (κ2) is 2.97. The highest BCUT2D eigenvalue weighted by Gasteiger charge is 2.55. The molecule has 4 aliphatic rings. The Morgan fingerprint density at radius 2 is 2.06 bits per heavy atom. The number of nitrogens with one attached hydrogen (secondary N) is 1. The van der Waals surface area contributed by atoms with Gasteiger partial charge < -0.3 is 5.32 Å². The lowest BCUT2D eigenvalue weighted by Crippen LogP contribution is -2.55. The lowest BCUT2D eigenvalue weighted by molar-refractivity contribution is 0.275. The van der Waals surface area contributed by atoms with Crippen LogP contribution in [0.15, 0.2) is 42.0 Å². The van der Waals surface area contributed by atoms with E-state index in [-0.39, 0.29) is 0 Å². The van der Waals surface area contributed by atoms with Gasteiger partial charge >= 0.3 is 0 Å². The van der Waals surface area contributed by atoms with Gasteiger partial charge in [0.15, 0.2) is 0 Å². The summed E-state index contributed by atoms with van der Waals surface area (Å²) >= 11 is 0. The van der Waals surface area contributed by atoms with Crippen molar-refractivity contribution >= 4 is 0 Å². The molecule has 1 fully saturated rings. The van der Waals surface area contributed by atoms with Crippen LogP contribution in [0.3, 0.4) is 0 Å². The van der Waals surface area contributed by atoms with Crippen LogP contribution in [0.1, 0.15) is 23.1 Å². The van der Waals surface area contributed by atoms with Crippen molar-refractivity contribution in [3.8, 4) is 0 Å². The molecule has 3 aliphatic carbocycles. The molecular weight excluding hydrogens is 218 g/mol. The van der Waals surface area contributed by atoms with E-state index < -0.39 is 0 Å². The lowest BCUT2D eigenvalue weighted by atomic mass is 9.57. The van der Waals surface area contributed by atoms with Gasteiger partial charge in [0.05, 0.1) is 0 Å². The molecule has 0 saturated carbocycles. The number of hydrogen-bond acceptors (Lipinski definition) is 1. The second-order valence-corrected chi connectivity index (χ2v) is 6.20. The molecule has 0 unspecified atom stereocenters. The van der Waals surface area contributed by atoms with Crippen LogP contribution in [0.2, 0.25) is 0 Å². The van der Waals surface area contributed by atoms with Crippen LogP contribution >= 0.6 is 0 Å². The monoisotopic (exact) mass is 235 g/mol. The fraction of sp³-hybridized carbons (Fsp3) is 0.412. The quantitative estimate of drug-likeness (QED) is 0.728. The highest BCUT2D eigenvalue weighted by atomic mass is 15.0. The molecule has 0 aromatic heterocycles. The van der Waals surface area contributed by atoms with Crippen molar-refractivity contribution in [1.29, 1.82) is 0 Å². The Labute approximate surface area is 108 Å².